The molecule has 0 aromatic heterocycles. The Morgan fingerprint density at radius 3 is 2.43 bits per heavy atom. The molecule has 3 rings (SSSR count). The number of esters is 3. The molecule has 1 saturated heterocycles. The maximum absolute atomic E-state index is 12.4. The van der Waals surface area contributed by atoms with Gasteiger partial charge in [-0.25, -0.2) is 4.79 Å². The minimum atomic E-state index is -4.85. The summed E-state index contributed by atoms with van der Waals surface area (Å²) in [6, 6.07) is 0. The number of hydrogen-bond donors (Lipinski definition) is 0. The lowest BCUT2D eigenvalue weighted by Gasteiger charge is -2.27. The van der Waals surface area contributed by atoms with Crippen LogP contribution in [0.25, 0.3) is 0 Å². The highest BCUT2D eigenvalue weighted by molar-refractivity contribution is 5.97. The van der Waals surface area contributed by atoms with Crippen LogP contribution in [0.15, 0.2) is 12.2 Å². The second-order valence-electron chi connectivity index (χ2n) is 5.61. The fourth-order valence-electron chi connectivity index (χ4n) is 3.66. The molecule has 2 bridgehead atoms. The molecule has 0 aromatic rings. The van der Waals surface area contributed by atoms with E-state index in [1.54, 1.807) is 0 Å². The molecule has 3 fully saturated rings. The van der Waals surface area contributed by atoms with E-state index in [1.165, 1.54) is 0 Å². The monoisotopic (exact) mass is 304 g/mol. The Bertz CT molecular complexity index is 553. The topological polar surface area (TPSA) is 69.7 Å². The van der Waals surface area contributed by atoms with E-state index >= 15 is 0 Å². The van der Waals surface area contributed by atoms with Crippen LogP contribution < -0.4 is 0 Å². The van der Waals surface area contributed by atoms with E-state index in [-0.39, 0.29) is 12.3 Å². The number of cyclic esters (lactones) is 2. The van der Waals surface area contributed by atoms with Crippen molar-refractivity contribution in [1.29, 1.82) is 0 Å². The quantitative estimate of drug-likeness (QED) is 0.438. The third-order valence-corrected chi connectivity index (χ3v) is 4.54. The number of halogens is 3. The van der Waals surface area contributed by atoms with Crippen LogP contribution in [0.5, 0.6) is 0 Å². The van der Waals surface area contributed by atoms with Gasteiger partial charge in [0, 0.05) is 5.92 Å². The maximum atomic E-state index is 12.4. The van der Waals surface area contributed by atoms with Crippen molar-refractivity contribution < 1.29 is 37.0 Å². The molecule has 0 spiro atoms. The van der Waals surface area contributed by atoms with E-state index in [0.29, 0.717) is 6.42 Å². The summed E-state index contributed by atoms with van der Waals surface area (Å²) < 4.78 is 46.5. The third kappa shape index (κ3) is 2.04. The summed E-state index contributed by atoms with van der Waals surface area (Å²) in [7, 11) is 0. The maximum Gasteiger partial charge on any atom is 0.422 e. The fraction of sp³-hybridized carbons (Fsp3) is 0.615. The van der Waals surface area contributed by atoms with Crippen molar-refractivity contribution in [2.75, 3.05) is 0 Å². The standard InChI is InChI=1S/C13H11F3O5/c1-4(13(14,15)16)10(17)20-7-3-5-2-6(7)9-8(5)11(18)21-12(9)19/h5-9H,1-3H2. The molecule has 8 heteroatoms. The average Bonchev–Trinajstić information content (AvgIpc) is 3.00. The predicted molar refractivity (Wildman–Crippen MR) is 59.4 cm³/mol. The van der Waals surface area contributed by atoms with E-state index in [0.717, 1.165) is 0 Å². The zero-order chi connectivity index (χ0) is 15.5. The average molecular weight is 304 g/mol. The summed E-state index contributed by atoms with van der Waals surface area (Å²) >= 11 is 0. The second-order valence-corrected chi connectivity index (χ2v) is 5.61. The van der Waals surface area contributed by atoms with Crippen molar-refractivity contribution in [1.82, 2.24) is 0 Å². The van der Waals surface area contributed by atoms with Gasteiger partial charge < -0.3 is 9.47 Å². The summed E-state index contributed by atoms with van der Waals surface area (Å²) in [5.74, 6) is -4.67. The SMILES string of the molecule is C=C(C(=O)OC1CC2CC1C1C(=O)OC(=O)C21)C(F)(F)F. The van der Waals surface area contributed by atoms with Crippen molar-refractivity contribution in [2.45, 2.75) is 25.1 Å². The van der Waals surface area contributed by atoms with Crippen LogP contribution in [-0.2, 0) is 23.9 Å². The van der Waals surface area contributed by atoms with Gasteiger partial charge in [-0.1, -0.05) is 6.58 Å². The lowest BCUT2D eigenvalue weighted by Crippen LogP contribution is -2.37. The number of fused-ring (bicyclic) bond motifs is 5. The molecule has 0 amide bonds. The summed E-state index contributed by atoms with van der Waals surface area (Å²) in [5.41, 5.74) is -1.58. The number of rotatable bonds is 2. The Kier molecular flexibility index (Phi) is 2.90. The Morgan fingerprint density at radius 1 is 1.19 bits per heavy atom. The molecule has 1 heterocycles. The van der Waals surface area contributed by atoms with Crippen LogP contribution >= 0.6 is 0 Å². The van der Waals surface area contributed by atoms with Gasteiger partial charge >= 0.3 is 24.1 Å². The summed E-state index contributed by atoms with van der Waals surface area (Å²) in [4.78, 5) is 34.5. The normalized spacial score (nSPS) is 37.4. The van der Waals surface area contributed by atoms with E-state index in [4.69, 9.17) is 4.74 Å². The van der Waals surface area contributed by atoms with Gasteiger partial charge in [0.25, 0.3) is 0 Å². The van der Waals surface area contributed by atoms with Crippen molar-refractivity contribution in [3.05, 3.63) is 12.2 Å². The lowest BCUT2D eigenvalue weighted by atomic mass is 9.79. The first kappa shape index (κ1) is 14.1. The molecule has 2 aliphatic carbocycles. The molecule has 3 aliphatic rings. The van der Waals surface area contributed by atoms with Gasteiger partial charge in [0.1, 0.15) is 11.7 Å². The minimum Gasteiger partial charge on any atom is -0.458 e. The Labute approximate surface area is 117 Å². The highest BCUT2D eigenvalue weighted by atomic mass is 19.4. The van der Waals surface area contributed by atoms with Gasteiger partial charge in [-0.2, -0.15) is 13.2 Å². The van der Waals surface area contributed by atoms with Crippen LogP contribution in [0.3, 0.4) is 0 Å². The molecule has 0 radical (unpaired) electrons. The van der Waals surface area contributed by atoms with Crippen LogP contribution in [0.4, 0.5) is 13.2 Å². The molecule has 1 aliphatic heterocycles. The van der Waals surface area contributed by atoms with Crippen LogP contribution in [0.2, 0.25) is 0 Å². The zero-order valence-corrected chi connectivity index (χ0v) is 10.7. The van der Waals surface area contributed by atoms with Gasteiger partial charge in [-0.05, 0) is 18.8 Å². The van der Waals surface area contributed by atoms with Crippen LogP contribution in [-0.4, -0.2) is 30.2 Å². The second kappa shape index (κ2) is 4.32. The molecular formula is C13H11F3O5. The molecule has 5 nitrogen and oxygen atoms in total. The molecule has 5 atom stereocenters. The number of carbonyl (C=O) groups excluding carboxylic acids is 3. The first-order valence-corrected chi connectivity index (χ1v) is 6.42. The van der Waals surface area contributed by atoms with Gasteiger partial charge in [-0.3, -0.25) is 9.59 Å². The predicted octanol–water partition coefficient (Wildman–Crippen LogP) is 1.37. The largest absolute Gasteiger partial charge is 0.458 e. The number of ether oxygens (including phenoxy) is 2. The molecule has 21 heavy (non-hydrogen) atoms. The zero-order valence-electron chi connectivity index (χ0n) is 10.7. The first-order chi connectivity index (χ1) is 9.70. The number of carbonyl (C=O) groups is 3. The Morgan fingerprint density at radius 2 is 1.81 bits per heavy atom. The fourth-order valence-corrected chi connectivity index (χ4v) is 3.66. The van der Waals surface area contributed by atoms with Gasteiger partial charge in [0.2, 0.25) is 0 Å². The van der Waals surface area contributed by atoms with Crippen molar-refractivity contribution >= 4 is 17.9 Å². The van der Waals surface area contributed by atoms with E-state index in [2.05, 4.69) is 11.3 Å². The smallest absolute Gasteiger partial charge is 0.422 e. The van der Waals surface area contributed by atoms with Crippen molar-refractivity contribution in [3.63, 3.8) is 0 Å². The first-order valence-electron chi connectivity index (χ1n) is 6.42. The third-order valence-electron chi connectivity index (χ3n) is 4.54. The minimum absolute atomic E-state index is 0.184. The van der Waals surface area contributed by atoms with Gasteiger partial charge in [0.15, 0.2) is 0 Å². The Hall–Kier alpha value is -1.86. The lowest BCUT2D eigenvalue weighted by molar-refractivity contribution is -0.161. The molecular weight excluding hydrogens is 293 g/mol. The van der Waals surface area contributed by atoms with Crippen LogP contribution in [0.1, 0.15) is 12.8 Å². The molecule has 5 unspecified atom stereocenters. The van der Waals surface area contributed by atoms with Crippen LogP contribution in [0, 0.1) is 23.7 Å². The number of alkyl halides is 3. The summed E-state index contributed by atoms with van der Waals surface area (Å²) in [6.45, 7) is 2.68. The van der Waals surface area contributed by atoms with Gasteiger partial charge in [0.05, 0.1) is 11.8 Å². The molecule has 0 N–H and O–H groups in total. The van der Waals surface area contributed by atoms with E-state index in [1.807, 2.05) is 0 Å². The van der Waals surface area contributed by atoms with Crippen molar-refractivity contribution in [3.8, 4) is 0 Å². The Balaban J connectivity index is 1.71. The summed E-state index contributed by atoms with van der Waals surface area (Å²) in [6.07, 6.45) is -4.90. The highest BCUT2D eigenvalue weighted by Crippen LogP contribution is 2.56. The van der Waals surface area contributed by atoms with E-state index < -0.39 is 53.5 Å². The molecule has 2 saturated carbocycles. The molecule has 114 valence electrons. The van der Waals surface area contributed by atoms with E-state index in [9.17, 15) is 27.6 Å². The summed E-state index contributed by atoms with van der Waals surface area (Å²) in [5, 5.41) is 0. The van der Waals surface area contributed by atoms with Gasteiger partial charge in [-0.15, -0.1) is 0 Å². The van der Waals surface area contributed by atoms with Crippen molar-refractivity contribution in [2.24, 2.45) is 23.7 Å². The number of hydrogen-bond acceptors (Lipinski definition) is 5. The molecule has 0 aromatic carbocycles. The highest BCUT2D eigenvalue weighted by Gasteiger charge is 2.64.